The van der Waals surface area contributed by atoms with E-state index in [0.717, 1.165) is 32.2 Å². The molecule has 1 fully saturated rings. The Bertz CT molecular complexity index is 235. The van der Waals surface area contributed by atoms with E-state index in [4.69, 9.17) is 5.73 Å². The van der Waals surface area contributed by atoms with Crippen LogP contribution in [-0.2, 0) is 0 Å². The molecule has 0 saturated carbocycles. The summed E-state index contributed by atoms with van der Waals surface area (Å²) < 4.78 is 0. The fraction of sp³-hybridized carbons (Fsp3) is 0.917. The van der Waals surface area contributed by atoms with Crippen LogP contribution in [0.25, 0.3) is 0 Å². The summed E-state index contributed by atoms with van der Waals surface area (Å²) >= 11 is 0. The zero-order chi connectivity index (χ0) is 12.2. The summed E-state index contributed by atoms with van der Waals surface area (Å²) in [6.45, 7) is 7.63. The van der Waals surface area contributed by atoms with Crippen LogP contribution in [0.3, 0.4) is 0 Å². The molecule has 4 heteroatoms. The van der Waals surface area contributed by atoms with Crippen molar-refractivity contribution in [3.63, 3.8) is 0 Å². The van der Waals surface area contributed by atoms with Gasteiger partial charge >= 0.3 is 6.03 Å². The second kappa shape index (κ2) is 5.53. The van der Waals surface area contributed by atoms with Gasteiger partial charge in [0.05, 0.1) is 0 Å². The van der Waals surface area contributed by atoms with Gasteiger partial charge in [-0.1, -0.05) is 0 Å². The standard InChI is InChI=1S/C12H25N3O/c1-12(2,3)14-11(16)15-9-5-7-10(15)6-4-8-13/h10H,4-9,13H2,1-3H3,(H,14,16). The number of nitrogens with zero attached hydrogens (tertiary/aromatic N) is 1. The lowest BCUT2D eigenvalue weighted by atomic mass is 10.1. The first-order valence-electron chi connectivity index (χ1n) is 6.23. The molecular weight excluding hydrogens is 202 g/mol. The van der Waals surface area contributed by atoms with Crippen molar-refractivity contribution >= 4 is 6.03 Å². The van der Waals surface area contributed by atoms with Crippen molar-refractivity contribution in [1.82, 2.24) is 10.2 Å². The molecule has 3 N–H and O–H groups in total. The quantitative estimate of drug-likeness (QED) is 0.771. The number of urea groups is 1. The van der Waals surface area contributed by atoms with Gasteiger partial charge in [-0.15, -0.1) is 0 Å². The van der Waals surface area contributed by atoms with Gasteiger partial charge in [0.25, 0.3) is 0 Å². The molecule has 1 unspecified atom stereocenters. The first kappa shape index (κ1) is 13.3. The molecule has 1 aliphatic rings. The van der Waals surface area contributed by atoms with Gasteiger partial charge in [0.15, 0.2) is 0 Å². The smallest absolute Gasteiger partial charge is 0.318 e. The third-order valence-corrected chi connectivity index (χ3v) is 2.86. The van der Waals surface area contributed by atoms with Crippen molar-refractivity contribution in [3.05, 3.63) is 0 Å². The predicted octanol–water partition coefficient (Wildman–Crippen LogP) is 1.70. The largest absolute Gasteiger partial charge is 0.333 e. The van der Waals surface area contributed by atoms with E-state index in [1.165, 1.54) is 0 Å². The van der Waals surface area contributed by atoms with E-state index in [9.17, 15) is 4.79 Å². The average molecular weight is 227 g/mol. The number of carbonyl (C=O) groups is 1. The SMILES string of the molecule is CC(C)(C)NC(=O)N1CCCC1CCCN. The van der Waals surface area contributed by atoms with Gasteiger partial charge in [-0.2, -0.15) is 0 Å². The fourth-order valence-electron chi connectivity index (χ4n) is 2.15. The molecule has 0 radical (unpaired) electrons. The predicted molar refractivity (Wildman–Crippen MR) is 66.3 cm³/mol. The first-order chi connectivity index (χ1) is 7.44. The molecule has 16 heavy (non-hydrogen) atoms. The van der Waals surface area contributed by atoms with Crippen molar-refractivity contribution in [1.29, 1.82) is 0 Å². The van der Waals surface area contributed by atoms with E-state index in [-0.39, 0.29) is 11.6 Å². The van der Waals surface area contributed by atoms with Crippen LogP contribution in [0.1, 0.15) is 46.5 Å². The molecule has 94 valence electrons. The third-order valence-electron chi connectivity index (χ3n) is 2.86. The Morgan fingerprint density at radius 3 is 2.75 bits per heavy atom. The van der Waals surface area contributed by atoms with Crippen LogP contribution in [0.15, 0.2) is 0 Å². The lowest BCUT2D eigenvalue weighted by Gasteiger charge is -2.29. The maximum Gasteiger partial charge on any atom is 0.318 e. The molecule has 0 bridgehead atoms. The number of hydrogen-bond donors (Lipinski definition) is 2. The lowest BCUT2D eigenvalue weighted by Crippen LogP contribution is -2.50. The number of rotatable bonds is 3. The first-order valence-corrected chi connectivity index (χ1v) is 6.23. The van der Waals surface area contributed by atoms with Gasteiger partial charge in [-0.3, -0.25) is 0 Å². The fourth-order valence-corrected chi connectivity index (χ4v) is 2.15. The second-order valence-corrected chi connectivity index (χ2v) is 5.60. The monoisotopic (exact) mass is 227 g/mol. The molecule has 1 atom stereocenters. The second-order valence-electron chi connectivity index (χ2n) is 5.60. The molecule has 4 nitrogen and oxygen atoms in total. The highest BCUT2D eigenvalue weighted by Crippen LogP contribution is 2.21. The number of carbonyl (C=O) groups excluding carboxylic acids is 1. The van der Waals surface area contributed by atoms with Gasteiger partial charge in [-0.25, -0.2) is 4.79 Å². The summed E-state index contributed by atoms with van der Waals surface area (Å²) in [6, 6.07) is 0.470. The van der Waals surface area contributed by atoms with Crippen LogP contribution < -0.4 is 11.1 Å². The minimum Gasteiger partial charge on any atom is -0.333 e. The maximum absolute atomic E-state index is 12.0. The third kappa shape index (κ3) is 4.00. The topological polar surface area (TPSA) is 58.4 Å². The van der Waals surface area contributed by atoms with Crippen LogP contribution in [0.5, 0.6) is 0 Å². The van der Waals surface area contributed by atoms with Crippen molar-refractivity contribution in [2.24, 2.45) is 5.73 Å². The molecule has 0 spiro atoms. The number of nitrogens with one attached hydrogen (secondary N) is 1. The van der Waals surface area contributed by atoms with Gasteiger partial charge in [-0.05, 0) is 53.0 Å². The summed E-state index contributed by atoms with van der Waals surface area (Å²) in [5.41, 5.74) is 5.36. The Balaban J connectivity index is 2.47. The van der Waals surface area contributed by atoms with E-state index in [1.54, 1.807) is 0 Å². The van der Waals surface area contributed by atoms with Crippen molar-refractivity contribution in [2.45, 2.75) is 58.0 Å². The Kier molecular flexibility index (Phi) is 4.59. The molecule has 1 rings (SSSR count). The highest BCUT2D eigenvalue weighted by atomic mass is 16.2. The highest BCUT2D eigenvalue weighted by molar-refractivity contribution is 5.75. The van der Waals surface area contributed by atoms with E-state index >= 15 is 0 Å². The molecule has 1 aliphatic heterocycles. The Morgan fingerprint density at radius 2 is 2.19 bits per heavy atom. The molecule has 0 aromatic heterocycles. The van der Waals surface area contributed by atoms with Gasteiger partial charge in [0.2, 0.25) is 0 Å². The van der Waals surface area contributed by atoms with E-state index in [1.807, 2.05) is 25.7 Å². The van der Waals surface area contributed by atoms with Crippen molar-refractivity contribution < 1.29 is 4.79 Å². The molecule has 0 aromatic carbocycles. The molecule has 2 amide bonds. The molecule has 0 aromatic rings. The normalized spacial score (nSPS) is 21.2. The van der Waals surface area contributed by atoms with Gasteiger partial charge < -0.3 is 16.0 Å². The maximum atomic E-state index is 12.0. The van der Waals surface area contributed by atoms with Crippen molar-refractivity contribution in [3.8, 4) is 0 Å². The molecule has 0 aliphatic carbocycles. The van der Waals surface area contributed by atoms with Crippen LogP contribution in [0.2, 0.25) is 0 Å². The van der Waals surface area contributed by atoms with E-state index < -0.39 is 0 Å². The number of amides is 2. The number of hydrogen-bond acceptors (Lipinski definition) is 2. The summed E-state index contributed by atoms with van der Waals surface area (Å²) in [5, 5.41) is 3.02. The van der Waals surface area contributed by atoms with Gasteiger partial charge in [0, 0.05) is 18.1 Å². The summed E-state index contributed by atoms with van der Waals surface area (Å²) in [5.74, 6) is 0. The van der Waals surface area contributed by atoms with Gasteiger partial charge in [0.1, 0.15) is 0 Å². The zero-order valence-corrected chi connectivity index (χ0v) is 10.8. The Labute approximate surface area is 98.6 Å². The minimum atomic E-state index is -0.155. The minimum absolute atomic E-state index is 0.0759. The van der Waals surface area contributed by atoms with Crippen LogP contribution in [-0.4, -0.2) is 35.6 Å². The average Bonchev–Trinajstić information content (AvgIpc) is 2.59. The Morgan fingerprint density at radius 1 is 1.50 bits per heavy atom. The summed E-state index contributed by atoms with van der Waals surface area (Å²) in [4.78, 5) is 14.0. The van der Waals surface area contributed by atoms with Crippen molar-refractivity contribution in [2.75, 3.05) is 13.1 Å². The molecular formula is C12H25N3O. The van der Waals surface area contributed by atoms with Crippen LogP contribution in [0, 0.1) is 0 Å². The molecule has 1 heterocycles. The number of nitrogens with two attached hydrogens (primary N) is 1. The Hall–Kier alpha value is -0.770. The zero-order valence-electron chi connectivity index (χ0n) is 10.8. The van der Waals surface area contributed by atoms with Crippen LogP contribution >= 0.6 is 0 Å². The summed E-state index contributed by atoms with van der Waals surface area (Å²) in [6.07, 6.45) is 4.28. The number of likely N-dealkylation sites (tertiary alicyclic amines) is 1. The van der Waals surface area contributed by atoms with E-state index in [2.05, 4.69) is 5.32 Å². The molecule has 1 saturated heterocycles. The summed E-state index contributed by atoms with van der Waals surface area (Å²) in [7, 11) is 0. The lowest BCUT2D eigenvalue weighted by molar-refractivity contribution is 0.180. The van der Waals surface area contributed by atoms with E-state index in [0.29, 0.717) is 12.6 Å². The van der Waals surface area contributed by atoms with Crippen LogP contribution in [0.4, 0.5) is 4.79 Å². The highest BCUT2D eigenvalue weighted by Gasteiger charge is 2.29.